The van der Waals surface area contributed by atoms with Crippen LogP contribution in [0.1, 0.15) is 25.3 Å². The SMILES string of the molecule is CCCC(=O)N(CCO)Cc1ccccc1. The van der Waals surface area contributed by atoms with Crippen molar-refractivity contribution in [2.45, 2.75) is 26.3 Å². The molecular formula is C13H19NO2. The lowest BCUT2D eigenvalue weighted by Gasteiger charge is -2.21. The van der Waals surface area contributed by atoms with E-state index in [4.69, 9.17) is 5.11 Å². The average Bonchev–Trinajstić information content (AvgIpc) is 2.30. The Bertz CT molecular complexity index is 311. The Balaban J connectivity index is 2.60. The fraction of sp³-hybridized carbons (Fsp3) is 0.462. The van der Waals surface area contributed by atoms with Gasteiger partial charge in [-0.2, -0.15) is 0 Å². The predicted octanol–water partition coefficient (Wildman–Crippen LogP) is 1.81. The number of carbonyl (C=O) groups is 1. The maximum Gasteiger partial charge on any atom is 0.222 e. The van der Waals surface area contributed by atoms with Gasteiger partial charge in [-0.3, -0.25) is 4.79 Å². The van der Waals surface area contributed by atoms with E-state index < -0.39 is 0 Å². The average molecular weight is 221 g/mol. The molecule has 0 aliphatic carbocycles. The maximum absolute atomic E-state index is 11.8. The van der Waals surface area contributed by atoms with E-state index in [0.717, 1.165) is 12.0 Å². The molecule has 0 atom stereocenters. The molecule has 1 aromatic rings. The molecule has 0 saturated carbocycles. The normalized spacial score (nSPS) is 10.1. The Kier molecular flexibility index (Phi) is 5.57. The Morgan fingerprint density at radius 2 is 2.00 bits per heavy atom. The van der Waals surface area contributed by atoms with Crippen molar-refractivity contribution >= 4 is 5.91 Å². The zero-order valence-electron chi connectivity index (χ0n) is 9.72. The summed E-state index contributed by atoms with van der Waals surface area (Å²) in [6, 6.07) is 9.84. The number of carbonyl (C=O) groups excluding carboxylic acids is 1. The molecule has 0 saturated heterocycles. The minimum absolute atomic E-state index is 0.0162. The second-order valence-electron chi connectivity index (χ2n) is 3.77. The van der Waals surface area contributed by atoms with Gasteiger partial charge >= 0.3 is 0 Å². The molecule has 0 aliphatic heterocycles. The van der Waals surface area contributed by atoms with E-state index in [-0.39, 0.29) is 12.5 Å². The number of nitrogens with zero attached hydrogens (tertiary/aromatic N) is 1. The molecule has 88 valence electrons. The van der Waals surface area contributed by atoms with Gasteiger partial charge in [0.15, 0.2) is 0 Å². The number of hydrogen-bond donors (Lipinski definition) is 1. The van der Waals surface area contributed by atoms with Crippen molar-refractivity contribution in [1.29, 1.82) is 0 Å². The van der Waals surface area contributed by atoms with Gasteiger partial charge in [-0.05, 0) is 12.0 Å². The van der Waals surface area contributed by atoms with Crippen LogP contribution in [-0.4, -0.2) is 29.1 Å². The smallest absolute Gasteiger partial charge is 0.222 e. The second kappa shape index (κ2) is 7.01. The van der Waals surface area contributed by atoms with Gasteiger partial charge in [0, 0.05) is 19.5 Å². The summed E-state index contributed by atoms with van der Waals surface area (Å²) in [6.45, 7) is 2.99. The fourth-order valence-corrected chi connectivity index (χ4v) is 1.59. The highest BCUT2D eigenvalue weighted by molar-refractivity contribution is 5.76. The first kappa shape index (κ1) is 12.7. The topological polar surface area (TPSA) is 40.5 Å². The van der Waals surface area contributed by atoms with Crippen molar-refractivity contribution in [2.24, 2.45) is 0 Å². The molecule has 0 radical (unpaired) electrons. The molecule has 0 fully saturated rings. The summed E-state index contributed by atoms with van der Waals surface area (Å²) >= 11 is 0. The first-order valence-electron chi connectivity index (χ1n) is 5.70. The van der Waals surface area contributed by atoms with Crippen LogP contribution in [0.25, 0.3) is 0 Å². The molecule has 1 rings (SSSR count). The van der Waals surface area contributed by atoms with Crippen molar-refractivity contribution in [2.75, 3.05) is 13.2 Å². The van der Waals surface area contributed by atoms with Crippen LogP contribution < -0.4 is 0 Å². The highest BCUT2D eigenvalue weighted by Crippen LogP contribution is 2.06. The van der Waals surface area contributed by atoms with Crippen LogP contribution in [0.5, 0.6) is 0 Å². The van der Waals surface area contributed by atoms with E-state index in [1.807, 2.05) is 37.3 Å². The van der Waals surface area contributed by atoms with E-state index in [9.17, 15) is 4.79 Å². The van der Waals surface area contributed by atoms with Gasteiger partial charge < -0.3 is 10.0 Å². The van der Waals surface area contributed by atoms with Gasteiger partial charge in [-0.25, -0.2) is 0 Å². The summed E-state index contributed by atoms with van der Waals surface area (Å²) in [5.41, 5.74) is 1.10. The lowest BCUT2D eigenvalue weighted by atomic mass is 10.2. The number of rotatable bonds is 6. The second-order valence-corrected chi connectivity index (χ2v) is 3.77. The Morgan fingerprint density at radius 3 is 2.56 bits per heavy atom. The molecule has 0 bridgehead atoms. The first-order valence-corrected chi connectivity index (χ1v) is 5.70. The number of amides is 1. The van der Waals surface area contributed by atoms with E-state index in [2.05, 4.69) is 0 Å². The summed E-state index contributed by atoms with van der Waals surface area (Å²) in [5.74, 6) is 0.111. The monoisotopic (exact) mass is 221 g/mol. The van der Waals surface area contributed by atoms with Crippen LogP contribution in [-0.2, 0) is 11.3 Å². The summed E-state index contributed by atoms with van der Waals surface area (Å²) in [7, 11) is 0. The predicted molar refractivity (Wildman–Crippen MR) is 63.9 cm³/mol. The maximum atomic E-state index is 11.8. The lowest BCUT2D eigenvalue weighted by Crippen LogP contribution is -2.32. The van der Waals surface area contributed by atoms with Crippen molar-refractivity contribution in [3.05, 3.63) is 35.9 Å². The van der Waals surface area contributed by atoms with E-state index in [1.54, 1.807) is 4.90 Å². The van der Waals surface area contributed by atoms with Gasteiger partial charge in [0.05, 0.1) is 6.61 Å². The Hall–Kier alpha value is -1.35. The van der Waals surface area contributed by atoms with Gasteiger partial charge in [-0.15, -0.1) is 0 Å². The van der Waals surface area contributed by atoms with Crippen LogP contribution in [0.4, 0.5) is 0 Å². The summed E-state index contributed by atoms with van der Waals surface area (Å²) in [5, 5.41) is 8.94. The molecule has 0 unspecified atom stereocenters. The quantitative estimate of drug-likeness (QED) is 0.796. The van der Waals surface area contributed by atoms with E-state index >= 15 is 0 Å². The largest absolute Gasteiger partial charge is 0.395 e. The van der Waals surface area contributed by atoms with Crippen molar-refractivity contribution in [3.63, 3.8) is 0 Å². The molecule has 1 aromatic carbocycles. The Labute approximate surface area is 96.7 Å². The molecular weight excluding hydrogens is 202 g/mol. The first-order chi connectivity index (χ1) is 7.77. The third-order valence-electron chi connectivity index (χ3n) is 2.40. The van der Waals surface area contributed by atoms with Gasteiger partial charge in [-0.1, -0.05) is 37.3 Å². The van der Waals surface area contributed by atoms with Crippen LogP contribution in [0, 0.1) is 0 Å². The van der Waals surface area contributed by atoms with Crippen molar-refractivity contribution in [3.8, 4) is 0 Å². The van der Waals surface area contributed by atoms with Crippen LogP contribution in [0.15, 0.2) is 30.3 Å². The standard InChI is InChI=1S/C13H19NO2/c1-2-6-13(16)14(9-10-15)11-12-7-4-3-5-8-12/h3-5,7-8,15H,2,6,9-11H2,1H3. The van der Waals surface area contributed by atoms with Crippen molar-refractivity contribution in [1.82, 2.24) is 4.90 Å². The minimum Gasteiger partial charge on any atom is -0.395 e. The lowest BCUT2D eigenvalue weighted by molar-refractivity contribution is -0.132. The molecule has 0 aliphatic rings. The number of benzene rings is 1. The molecule has 3 nitrogen and oxygen atoms in total. The zero-order valence-corrected chi connectivity index (χ0v) is 9.72. The van der Waals surface area contributed by atoms with Gasteiger partial charge in [0.1, 0.15) is 0 Å². The fourth-order valence-electron chi connectivity index (χ4n) is 1.59. The highest BCUT2D eigenvalue weighted by atomic mass is 16.3. The highest BCUT2D eigenvalue weighted by Gasteiger charge is 2.11. The molecule has 0 aromatic heterocycles. The number of hydrogen-bond acceptors (Lipinski definition) is 2. The number of aliphatic hydroxyl groups excluding tert-OH is 1. The van der Waals surface area contributed by atoms with E-state index in [1.165, 1.54) is 0 Å². The third kappa shape index (κ3) is 4.03. The molecule has 3 heteroatoms. The zero-order chi connectivity index (χ0) is 11.8. The minimum atomic E-state index is 0.0162. The summed E-state index contributed by atoms with van der Waals surface area (Å²) in [4.78, 5) is 13.5. The molecule has 0 heterocycles. The van der Waals surface area contributed by atoms with Crippen LogP contribution in [0.2, 0.25) is 0 Å². The summed E-state index contributed by atoms with van der Waals surface area (Å²) < 4.78 is 0. The Morgan fingerprint density at radius 1 is 1.31 bits per heavy atom. The van der Waals surface area contributed by atoms with Gasteiger partial charge in [0.25, 0.3) is 0 Å². The molecule has 1 N–H and O–H groups in total. The molecule has 16 heavy (non-hydrogen) atoms. The van der Waals surface area contributed by atoms with Crippen LogP contribution in [0.3, 0.4) is 0 Å². The summed E-state index contributed by atoms with van der Waals surface area (Å²) in [6.07, 6.45) is 1.39. The molecule has 0 spiro atoms. The van der Waals surface area contributed by atoms with Crippen molar-refractivity contribution < 1.29 is 9.90 Å². The van der Waals surface area contributed by atoms with E-state index in [0.29, 0.717) is 19.5 Å². The van der Waals surface area contributed by atoms with Gasteiger partial charge in [0.2, 0.25) is 5.91 Å². The van der Waals surface area contributed by atoms with Crippen LogP contribution >= 0.6 is 0 Å². The number of aliphatic hydroxyl groups is 1. The third-order valence-corrected chi connectivity index (χ3v) is 2.40. The molecule has 1 amide bonds.